The highest BCUT2D eigenvalue weighted by atomic mass is 35.5. The molecule has 0 saturated heterocycles. The average Bonchev–Trinajstić information content (AvgIpc) is 2.93. The molecule has 2 nitrogen and oxygen atoms in total. The van der Waals surface area contributed by atoms with Gasteiger partial charge in [0.2, 0.25) is 0 Å². The quantitative estimate of drug-likeness (QED) is 0.850. The van der Waals surface area contributed by atoms with Crippen LogP contribution in [0.5, 0.6) is 0 Å². The van der Waals surface area contributed by atoms with Gasteiger partial charge in [0.05, 0.1) is 0 Å². The summed E-state index contributed by atoms with van der Waals surface area (Å²) < 4.78 is 0. The zero-order valence-electron chi connectivity index (χ0n) is 12.7. The smallest absolute Gasteiger partial charge is 0.0459 e. The van der Waals surface area contributed by atoms with E-state index in [0.29, 0.717) is 0 Å². The first-order valence-corrected chi connectivity index (χ1v) is 8.23. The number of benzene rings is 1. The highest BCUT2D eigenvalue weighted by molar-refractivity contribution is 6.31. The van der Waals surface area contributed by atoms with Gasteiger partial charge in [-0.1, -0.05) is 37.4 Å². The van der Waals surface area contributed by atoms with E-state index in [9.17, 15) is 0 Å². The first-order valence-electron chi connectivity index (χ1n) is 7.86. The first-order chi connectivity index (χ1) is 9.61. The molecule has 1 aliphatic rings. The van der Waals surface area contributed by atoms with Crippen LogP contribution in [0, 0.1) is 5.92 Å². The molecule has 1 aliphatic carbocycles. The van der Waals surface area contributed by atoms with Gasteiger partial charge in [0.15, 0.2) is 0 Å². The summed E-state index contributed by atoms with van der Waals surface area (Å²) in [6.07, 6.45) is 7.37. The van der Waals surface area contributed by atoms with E-state index < -0.39 is 0 Å². The predicted octanol–water partition coefficient (Wildman–Crippen LogP) is 4.25. The van der Waals surface area contributed by atoms with Gasteiger partial charge in [-0.15, -0.1) is 0 Å². The van der Waals surface area contributed by atoms with Crippen LogP contribution in [0.15, 0.2) is 18.2 Å². The summed E-state index contributed by atoms with van der Waals surface area (Å²) in [4.78, 5) is 2.37. The minimum Gasteiger partial charge on any atom is -0.374 e. The molecule has 1 saturated carbocycles. The summed E-state index contributed by atoms with van der Waals surface area (Å²) in [5.74, 6) is 0.840. The molecule has 0 bridgehead atoms. The number of hydrogen-bond donors (Lipinski definition) is 1. The van der Waals surface area contributed by atoms with E-state index in [1.54, 1.807) is 0 Å². The number of nitrogens with two attached hydrogens (primary N) is 1. The maximum Gasteiger partial charge on any atom is 0.0459 e. The molecule has 1 unspecified atom stereocenters. The number of halogens is 1. The van der Waals surface area contributed by atoms with Gasteiger partial charge in [0, 0.05) is 30.3 Å². The van der Waals surface area contributed by atoms with Crippen molar-refractivity contribution in [1.29, 1.82) is 0 Å². The van der Waals surface area contributed by atoms with Gasteiger partial charge >= 0.3 is 0 Å². The molecule has 1 aromatic rings. The van der Waals surface area contributed by atoms with Crippen molar-refractivity contribution in [2.24, 2.45) is 11.7 Å². The molecule has 3 heteroatoms. The van der Waals surface area contributed by atoms with E-state index in [2.05, 4.69) is 24.9 Å². The lowest BCUT2D eigenvalue weighted by Crippen LogP contribution is -2.27. The molecule has 1 fully saturated rings. The Kier molecular flexibility index (Phi) is 5.74. The Bertz CT molecular complexity index is 427. The highest BCUT2D eigenvalue weighted by Crippen LogP contribution is 2.31. The SMILES string of the molecule is CCC(N)Cc1c(Cl)cccc1N(C)CC1CCCC1. The lowest BCUT2D eigenvalue weighted by Gasteiger charge is -2.27. The van der Waals surface area contributed by atoms with Gasteiger partial charge < -0.3 is 10.6 Å². The van der Waals surface area contributed by atoms with Crippen LogP contribution >= 0.6 is 11.6 Å². The molecule has 20 heavy (non-hydrogen) atoms. The summed E-state index contributed by atoms with van der Waals surface area (Å²) in [6.45, 7) is 3.26. The van der Waals surface area contributed by atoms with Gasteiger partial charge in [-0.2, -0.15) is 0 Å². The van der Waals surface area contributed by atoms with Crippen LogP contribution in [0.2, 0.25) is 5.02 Å². The zero-order chi connectivity index (χ0) is 14.5. The van der Waals surface area contributed by atoms with E-state index in [1.165, 1.54) is 36.9 Å². The van der Waals surface area contributed by atoms with Crippen LogP contribution in [0.1, 0.15) is 44.6 Å². The number of anilines is 1. The monoisotopic (exact) mass is 294 g/mol. The second kappa shape index (κ2) is 7.33. The van der Waals surface area contributed by atoms with E-state index >= 15 is 0 Å². The molecule has 1 atom stereocenters. The van der Waals surface area contributed by atoms with Crippen LogP contribution in [0.25, 0.3) is 0 Å². The second-order valence-electron chi connectivity index (χ2n) is 6.14. The topological polar surface area (TPSA) is 29.3 Å². The van der Waals surface area contributed by atoms with E-state index in [-0.39, 0.29) is 6.04 Å². The van der Waals surface area contributed by atoms with Gasteiger partial charge in [0.1, 0.15) is 0 Å². The van der Waals surface area contributed by atoms with Gasteiger partial charge in [0.25, 0.3) is 0 Å². The third-order valence-corrected chi connectivity index (χ3v) is 4.86. The van der Waals surface area contributed by atoms with Gasteiger partial charge in [-0.05, 0) is 49.3 Å². The van der Waals surface area contributed by atoms with E-state index in [1.807, 2.05) is 12.1 Å². The molecule has 0 amide bonds. The molecule has 1 aromatic carbocycles. The average molecular weight is 295 g/mol. The molecular weight excluding hydrogens is 268 g/mol. The van der Waals surface area contributed by atoms with Gasteiger partial charge in [-0.25, -0.2) is 0 Å². The van der Waals surface area contributed by atoms with E-state index in [4.69, 9.17) is 17.3 Å². The largest absolute Gasteiger partial charge is 0.374 e. The molecule has 112 valence electrons. The highest BCUT2D eigenvalue weighted by Gasteiger charge is 2.19. The standard InChI is InChI=1S/C17H27ClN2/c1-3-14(19)11-15-16(18)9-6-10-17(15)20(2)12-13-7-4-5-8-13/h6,9-10,13-14H,3-5,7-8,11-12,19H2,1-2H3. The van der Waals surface area contributed by atoms with Gasteiger partial charge in [-0.3, -0.25) is 0 Å². The summed E-state index contributed by atoms with van der Waals surface area (Å²) in [5.41, 5.74) is 8.60. The fourth-order valence-corrected chi connectivity index (χ4v) is 3.44. The molecule has 0 heterocycles. The van der Waals surface area contributed by atoms with Crippen molar-refractivity contribution >= 4 is 17.3 Å². The predicted molar refractivity (Wildman–Crippen MR) is 88.7 cm³/mol. The maximum absolute atomic E-state index is 6.41. The molecule has 0 spiro atoms. The number of hydrogen-bond acceptors (Lipinski definition) is 2. The Morgan fingerprint density at radius 1 is 1.35 bits per heavy atom. The van der Waals surface area contributed by atoms with Crippen molar-refractivity contribution in [3.05, 3.63) is 28.8 Å². The molecule has 0 aromatic heterocycles. The fourth-order valence-electron chi connectivity index (χ4n) is 3.19. The molecule has 0 aliphatic heterocycles. The molecule has 2 N–H and O–H groups in total. The first kappa shape index (κ1) is 15.7. The van der Waals surface area contributed by atoms with Crippen LogP contribution in [-0.4, -0.2) is 19.6 Å². The summed E-state index contributed by atoms with van der Waals surface area (Å²) in [7, 11) is 2.19. The summed E-state index contributed by atoms with van der Waals surface area (Å²) >= 11 is 6.41. The molecule has 2 rings (SSSR count). The van der Waals surface area contributed by atoms with Crippen LogP contribution in [-0.2, 0) is 6.42 Å². The minimum absolute atomic E-state index is 0.188. The maximum atomic E-state index is 6.41. The summed E-state index contributed by atoms with van der Waals surface area (Å²) in [5, 5.41) is 0.852. The third kappa shape index (κ3) is 3.89. The molecular formula is C17H27ClN2. The number of nitrogens with zero attached hydrogens (tertiary/aromatic N) is 1. The van der Waals surface area contributed by atoms with Crippen molar-refractivity contribution in [2.75, 3.05) is 18.5 Å². The minimum atomic E-state index is 0.188. The van der Waals surface area contributed by atoms with Crippen molar-refractivity contribution < 1.29 is 0 Å². The molecule has 0 radical (unpaired) electrons. The van der Waals surface area contributed by atoms with Crippen molar-refractivity contribution in [1.82, 2.24) is 0 Å². The fraction of sp³-hybridized carbons (Fsp3) is 0.647. The lowest BCUT2D eigenvalue weighted by atomic mass is 10.0. The van der Waals surface area contributed by atoms with E-state index in [0.717, 1.165) is 30.3 Å². The Morgan fingerprint density at radius 2 is 2.05 bits per heavy atom. The van der Waals surface area contributed by atoms with Crippen LogP contribution in [0.3, 0.4) is 0 Å². The third-order valence-electron chi connectivity index (χ3n) is 4.50. The van der Waals surface area contributed by atoms with Crippen molar-refractivity contribution in [3.8, 4) is 0 Å². The normalized spacial score (nSPS) is 17.4. The lowest BCUT2D eigenvalue weighted by molar-refractivity contribution is 0.545. The van der Waals surface area contributed by atoms with Crippen molar-refractivity contribution in [2.45, 2.75) is 51.5 Å². The summed E-state index contributed by atoms with van der Waals surface area (Å²) in [6, 6.07) is 6.39. The Balaban J connectivity index is 2.14. The number of rotatable bonds is 6. The Hall–Kier alpha value is -0.730. The zero-order valence-corrected chi connectivity index (χ0v) is 13.5. The van der Waals surface area contributed by atoms with Crippen LogP contribution < -0.4 is 10.6 Å². The second-order valence-corrected chi connectivity index (χ2v) is 6.55. The Morgan fingerprint density at radius 3 is 2.70 bits per heavy atom. The Labute approximate surface area is 128 Å². The van der Waals surface area contributed by atoms with Crippen molar-refractivity contribution in [3.63, 3.8) is 0 Å². The van der Waals surface area contributed by atoms with Crippen LogP contribution in [0.4, 0.5) is 5.69 Å².